The summed E-state index contributed by atoms with van der Waals surface area (Å²) in [4.78, 5) is 14.2. The van der Waals surface area contributed by atoms with Gasteiger partial charge in [-0.3, -0.25) is 0 Å². The average Bonchev–Trinajstić information content (AvgIpc) is 2.61. The van der Waals surface area contributed by atoms with Gasteiger partial charge in [0, 0.05) is 17.8 Å². The second-order valence-electron chi connectivity index (χ2n) is 6.13. The summed E-state index contributed by atoms with van der Waals surface area (Å²) < 4.78 is 27.9. The molecule has 0 bridgehead atoms. The third-order valence-corrected chi connectivity index (χ3v) is 4.95. The molecule has 4 N–H and O–H groups in total. The van der Waals surface area contributed by atoms with Gasteiger partial charge in [0.15, 0.2) is 0 Å². The van der Waals surface area contributed by atoms with Crippen molar-refractivity contribution < 1.29 is 17.9 Å². The lowest BCUT2D eigenvalue weighted by Crippen LogP contribution is -2.37. The first-order valence-corrected chi connectivity index (χ1v) is 9.74. The van der Waals surface area contributed by atoms with Gasteiger partial charge in [-0.05, 0) is 44.4 Å². The van der Waals surface area contributed by atoms with E-state index in [0.29, 0.717) is 12.2 Å². The lowest BCUT2D eigenvalue weighted by molar-refractivity contribution is 0.242. The van der Waals surface area contributed by atoms with Gasteiger partial charge in [-0.15, -0.1) is 0 Å². The highest BCUT2D eigenvalue weighted by Crippen LogP contribution is 2.27. The van der Waals surface area contributed by atoms with E-state index in [1.807, 2.05) is 43.3 Å². The number of rotatable bonds is 7. The molecule has 0 radical (unpaired) electrons. The summed E-state index contributed by atoms with van der Waals surface area (Å²) in [5.74, 6) is 0.747. The summed E-state index contributed by atoms with van der Waals surface area (Å²) in [5.41, 5.74) is 1.42. The van der Waals surface area contributed by atoms with E-state index in [0.717, 1.165) is 11.3 Å². The molecule has 27 heavy (non-hydrogen) atoms. The van der Waals surface area contributed by atoms with Gasteiger partial charge in [0.05, 0.1) is 18.0 Å². The normalized spacial score (nSPS) is 12.5. The van der Waals surface area contributed by atoms with Crippen molar-refractivity contribution in [1.82, 2.24) is 10.2 Å². The maximum atomic E-state index is 12.2. The van der Waals surface area contributed by atoms with Gasteiger partial charge < -0.3 is 20.3 Å². The van der Waals surface area contributed by atoms with Gasteiger partial charge in [0.2, 0.25) is 10.0 Å². The first kappa shape index (κ1) is 20.7. The number of hydrogen-bond acceptors (Lipinski definition) is 5. The van der Waals surface area contributed by atoms with Gasteiger partial charge in [0.25, 0.3) is 0 Å². The number of carbonyl (C=O) groups is 1. The lowest BCUT2D eigenvalue weighted by atomic mass is 10.0. The van der Waals surface area contributed by atoms with E-state index in [1.165, 1.54) is 24.3 Å². The Hall–Kier alpha value is -2.62. The summed E-state index contributed by atoms with van der Waals surface area (Å²) in [6.45, 7) is 0.356. The standard InChI is InChI=1S/C18H24N4O4S/c1-22(2)16(15-6-4-5-7-17(15)26-3)12-20-18(23)21-13-8-10-14(11-9-13)27(19,24)25/h4-11,16H,12H2,1-3H3,(H2,19,24,25)(H2,20,21,23). The molecule has 146 valence electrons. The molecule has 0 heterocycles. The number of methoxy groups -OCH3 is 1. The van der Waals surface area contributed by atoms with Gasteiger partial charge >= 0.3 is 6.03 Å². The van der Waals surface area contributed by atoms with E-state index in [-0.39, 0.29) is 10.9 Å². The topological polar surface area (TPSA) is 114 Å². The number of likely N-dealkylation sites (N-methyl/N-ethyl adjacent to an activating group) is 1. The Balaban J connectivity index is 2.02. The zero-order valence-electron chi connectivity index (χ0n) is 15.5. The summed E-state index contributed by atoms with van der Waals surface area (Å²) >= 11 is 0. The summed E-state index contributed by atoms with van der Waals surface area (Å²) in [6, 6.07) is 12.8. The largest absolute Gasteiger partial charge is 0.496 e. The highest BCUT2D eigenvalue weighted by molar-refractivity contribution is 7.89. The van der Waals surface area contributed by atoms with Gasteiger partial charge in [0.1, 0.15) is 5.75 Å². The van der Waals surface area contributed by atoms with E-state index in [2.05, 4.69) is 10.6 Å². The number of primary sulfonamides is 1. The fraction of sp³-hybridized carbons (Fsp3) is 0.278. The maximum Gasteiger partial charge on any atom is 0.319 e. The van der Waals surface area contributed by atoms with Crippen LogP contribution in [-0.2, 0) is 10.0 Å². The lowest BCUT2D eigenvalue weighted by Gasteiger charge is -2.26. The number of sulfonamides is 1. The Morgan fingerprint density at radius 1 is 1.15 bits per heavy atom. The van der Waals surface area contributed by atoms with Crippen molar-refractivity contribution in [1.29, 1.82) is 0 Å². The van der Waals surface area contributed by atoms with Crippen molar-refractivity contribution in [2.75, 3.05) is 33.1 Å². The minimum atomic E-state index is -3.76. The molecule has 0 aromatic heterocycles. The molecule has 2 aromatic rings. The first-order chi connectivity index (χ1) is 12.7. The number of para-hydroxylation sites is 1. The molecule has 0 fully saturated rings. The quantitative estimate of drug-likeness (QED) is 0.664. The smallest absolute Gasteiger partial charge is 0.319 e. The Bertz CT molecular complexity index is 882. The molecule has 0 aliphatic rings. The number of benzene rings is 2. The fourth-order valence-corrected chi connectivity index (χ4v) is 3.12. The summed E-state index contributed by atoms with van der Waals surface area (Å²) in [5, 5.41) is 10.5. The number of nitrogens with two attached hydrogens (primary N) is 1. The SMILES string of the molecule is COc1ccccc1C(CNC(=O)Nc1ccc(S(N)(=O)=O)cc1)N(C)C. The molecule has 2 amide bonds. The molecule has 1 atom stereocenters. The molecule has 2 rings (SSSR count). The van der Waals surface area contributed by atoms with Crippen molar-refractivity contribution in [3.63, 3.8) is 0 Å². The summed E-state index contributed by atoms with van der Waals surface area (Å²) in [7, 11) is 1.68. The van der Waals surface area contributed by atoms with Crippen molar-refractivity contribution in [3.8, 4) is 5.75 Å². The number of urea groups is 1. The number of nitrogens with zero attached hydrogens (tertiary/aromatic N) is 1. The Morgan fingerprint density at radius 2 is 1.78 bits per heavy atom. The molecule has 0 aliphatic carbocycles. The molecule has 1 unspecified atom stereocenters. The van der Waals surface area contributed by atoms with Crippen LogP contribution < -0.4 is 20.5 Å². The second kappa shape index (κ2) is 8.85. The number of amides is 2. The molecule has 2 aromatic carbocycles. The fourth-order valence-electron chi connectivity index (χ4n) is 2.61. The van der Waals surface area contributed by atoms with Crippen molar-refractivity contribution in [3.05, 3.63) is 54.1 Å². The highest BCUT2D eigenvalue weighted by atomic mass is 32.2. The van der Waals surface area contributed by atoms with Crippen molar-refractivity contribution >= 4 is 21.7 Å². The molecular weight excluding hydrogens is 368 g/mol. The van der Waals surface area contributed by atoms with Crippen molar-refractivity contribution in [2.24, 2.45) is 5.14 Å². The number of anilines is 1. The number of carbonyl (C=O) groups excluding carboxylic acids is 1. The zero-order valence-corrected chi connectivity index (χ0v) is 16.3. The predicted molar refractivity (Wildman–Crippen MR) is 104 cm³/mol. The van der Waals surface area contributed by atoms with Crippen LogP contribution in [0.15, 0.2) is 53.4 Å². The highest BCUT2D eigenvalue weighted by Gasteiger charge is 2.19. The van der Waals surface area contributed by atoms with Crippen LogP contribution in [0, 0.1) is 0 Å². The Morgan fingerprint density at radius 3 is 2.33 bits per heavy atom. The molecule has 9 heteroatoms. The van der Waals surface area contributed by atoms with E-state index < -0.39 is 16.1 Å². The summed E-state index contributed by atoms with van der Waals surface area (Å²) in [6.07, 6.45) is 0. The van der Waals surface area contributed by atoms with E-state index in [4.69, 9.17) is 9.88 Å². The van der Waals surface area contributed by atoms with Crippen LogP contribution in [0.4, 0.5) is 10.5 Å². The van der Waals surface area contributed by atoms with Crippen LogP contribution in [-0.4, -0.2) is 47.1 Å². The zero-order chi connectivity index (χ0) is 20.0. The number of nitrogens with one attached hydrogen (secondary N) is 2. The first-order valence-electron chi connectivity index (χ1n) is 8.19. The van der Waals surface area contributed by atoms with E-state index in [9.17, 15) is 13.2 Å². The molecule has 0 spiro atoms. The van der Waals surface area contributed by atoms with Crippen molar-refractivity contribution in [2.45, 2.75) is 10.9 Å². The number of ether oxygens (including phenoxy) is 1. The average molecular weight is 392 g/mol. The minimum absolute atomic E-state index is 0.0164. The van der Waals surface area contributed by atoms with Crippen LogP contribution in [0.5, 0.6) is 5.75 Å². The predicted octanol–water partition coefficient (Wildman–Crippen LogP) is 1.77. The van der Waals surface area contributed by atoms with Crippen LogP contribution in [0.3, 0.4) is 0 Å². The maximum absolute atomic E-state index is 12.2. The third kappa shape index (κ3) is 5.68. The second-order valence-corrected chi connectivity index (χ2v) is 7.69. The molecular formula is C18H24N4O4S. The van der Waals surface area contributed by atoms with Gasteiger partial charge in [-0.1, -0.05) is 18.2 Å². The Kier molecular flexibility index (Phi) is 6.78. The number of hydrogen-bond donors (Lipinski definition) is 3. The van der Waals surface area contributed by atoms with Gasteiger partial charge in [-0.25, -0.2) is 18.4 Å². The monoisotopic (exact) mass is 392 g/mol. The van der Waals surface area contributed by atoms with Crippen LogP contribution >= 0.6 is 0 Å². The molecule has 0 saturated heterocycles. The molecule has 0 aliphatic heterocycles. The third-order valence-electron chi connectivity index (χ3n) is 4.02. The Labute approximate surface area is 159 Å². The van der Waals surface area contributed by atoms with Crippen LogP contribution in [0.25, 0.3) is 0 Å². The van der Waals surface area contributed by atoms with Gasteiger partial charge in [-0.2, -0.15) is 0 Å². The van der Waals surface area contributed by atoms with Crippen LogP contribution in [0.1, 0.15) is 11.6 Å². The van der Waals surface area contributed by atoms with E-state index >= 15 is 0 Å². The van der Waals surface area contributed by atoms with E-state index in [1.54, 1.807) is 7.11 Å². The molecule has 8 nitrogen and oxygen atoms in total. The minimum Gasteiger partial charge on any atom is -0.496 e. The molecule has 0 saturated carbocycles. The van der Waals surface area contributed by atoms with Crippen LogP contribution in [0.2, 0.25) is 0 Å².